The lowest BCUT2D eigenvalue weighted by atomic mass is 9.98. The molecule has 0 radical (unpaired) electrons. The van der Waals surface area contributed by atoms with Crippen molar-refractivity contribution in [1.82, 2.24) is 19.5 Å². The minimum Gasteiger partial charge on any atom is -0.479 e. The molecule has 5 atom stereocenters. The highest BCUT2D eigenvalue weighted by Crippen LogP contribution is 2.60. The van der Waals surface area contributed by atoms with Gasteiger partial charge in [-0.3, -0.25) is 18.1 Å². The smallest absolute Gasteiger partial charge is 0.475 e. The molecule has 154 valence electrons. The van der Waals surface area contributed by atoms with Gasteiger partial charge in [-0.25, -0.2) is 13.9 Å². The summed E-state index contributed by atoms with van der Waals surface area (Å²) in [6.07, 6.45) is -2.21. The van der Waals surface area contributed by atoms with Crippen molar-refractivity contribution in [2.24, 2.45) is 0 Å². The zero-order valence-electron chi connectivity index (χ0n) is 15.7. The fourth-order valence-corrected chi connectivity index (χ4v) is 5.01. The molecule has 2 aliphatic rings. The fraction of sp³-hybridized carbons (Fsp3) is 0.667. The largest absolute Gasteiger partial charge is 0.479 e. The summed E-state index contributed by atoms with van der Waals surface area (Å²) in [7, 11) is -2.49. The van der Waals surface area contributed by atoms with Gasteiger partial charge in [0.2, 0.25) is 11.8 Å². The first-order valence-corrected chi connectivity index (χ1v) is 10.1. The number of halogens is 1. The Kier molecular flexibility index (Phi) is 4.59. The highest BCUT2D eigenvalue weighted by molar-refractivity contribution is 7.48. The molecule has 2 aliphatic heterocycles. The van der Waals surface area contributed by atoms with E-state index in [1.807, 2.05) is 0 Å². The maximum absolute atomic E-state index is 15.8. The first-order chi connectivity index (χ1) is 13.1. The summed E-state index contributed by atoms with van der Waals surface area (Å²) < 4.78 is 56.7. The van der Waals surface area contributed by atoms with E-state index in [4.69, 9.17) is 28.8 Å². The number of nitrogens with two attached hydrogens (primary N) is 1. The van der Waals surface area contributed by atoms with Crippen molar-refractivity contribution >= 4 is 24.9 Å². The molecule has 2 N–H and O–H groups in total. The molecule has 0 bridgehead atoms. The minimum absolute atomic E-state index is 0.0588. The fourth-order valence-electron chi connectivity index (χ4n) is 3.38. The van der Waals surface area contributed by atoms with Crippen LogP contribution in [0.3, 0.4) is 0 Å². The number of methoxy groups -OCH3 is 1. The third kappa shape index (κ3) is 3.05. The molecule has 2 aromatic rings. The van der Waals surface area contributed by atoms with Gasteiger partial charge in [0, 0.05) is 0 Å². The van der Waals surface area contributed by atoms with Crippen LogP contribution in [-0.4, -0.2) is 57.2 Å². The van der Waals surface area contributed by atoms with E-state index in [1.165, 1.54) is 24.9 Å². The van der Waals surface area contributed by atoms with Crippen LogP contribution in [0.15, 0.2) is 6.33 Å². The molecule has 0 aromatic carbocycles. The van der Waals surface area contributed by atoms with E-state index < -0.39 is 38.0 Å². The van der Waals surface area contributed by atoms with Gasteiger partial charge in [-0.05, 0) is 20.8 Å². The van der Waals surface area contributed by atoms with E-state index in [0.717, 1.165) is 0 Å². The predicted molar refractivity (Wildman–Crippen MR) is 94.4 cm³/mol. The summed E-state index contributed by atoms with van der Waals surface area (Å²) in [5.74, 6) is 0.100. The molecule has 4 heterocycles. The third-order valence-electron chi connectivity index (χ3n) is 4.51. The molecule has 28 heavy (non-hydrogen) atoms. The van der Waals surface area contributed by atoms with Gasteiger partial charge in [0.05, 0.1) is 26.1 Å². The minimum atomic E-state index is -3.90. The second-order valence-corrected chi connectivity index (χ2v) is 8.59. The highest BCUT2D eigenvalue weighted by Gasteiger charge is 2.61. The predicted octanol–water partition coefficient (Wildman–Crippen LogP) is 1.99. The normalized spacial score (nSPS) is 35.4. The van der Waals surface area contributed by atoms with Crippen LogP contribution in [0.2, 0.25) is 0 Å². The van der Waals surface area contributed by atoms with Gasteiger partial charge >= 0.3 is 7.82 Å². The second-order valence-electron chi connectivity index (χ2n) is 7.02. The monoisotopic (exact) mass is 417 g/mol. The van der Waals surface area contributed by atoms with Gasteiger partial charge in [0.15, 0.2) is 23.1 Å². The Labute approximate surface area is 159 Å². The quantitative estimate of drug-likeness (QED) is 0.736. The Hall–Kier alpha value is -1.85. The van der Waals surface area contributed by atoms with Crippen LogP contribution in [0, 0.1) is 0 Å². The van der Waals surface area contributed by atoms with Crippen LogP contribution in [0.5, 0.6) is 5.88 Å². The SMILES string of the molecule is COc1nc(N)nc2c1ncn2[C@@H]1O[C@@H]2CO[P@](=O)(OC(C)C)O[C@H]2[C@@]1(C)F. The number of anilines is 1. The highest BCUT2D eigenvalue weighted by atomic mass is 31.2. The molecular weight excluding hydrogens is 396 g/mol. The summed E-state index contributed by atoms with van der Waals surface area (Å²) >= 11 is 0. The molecular formula is C15H21FN5O6P. The van der Waals surface area contributed by atoms with Crippen LogP contribution in [0.25, 0.3) is 11.2 Å². The van der Waals surface area contributed by atoms with Gasteiger partial charge in [-0.1, -0.05) is 0 Å². The van der Waals surface area contributed by atoms with Crippen molar-refractivity contribution in [2.45, 2.75) is 51.0 Å². The third-order valence-corrected chi connectivity index (χ3v) is 6.14. The summed E-state index contributed by atoms with van der Waals surface area (Å²) in [5, 5.41) is 0. The van der Waals surface area contributed by atoms with Crippen molar-refractivity contribution < 1.29 is 32.0 Å². The number of nitrogens with zero attached hydrogens (tertiary/aromatic N) is 4. The Balaban J connectivity index is 1.71. The van der Waals surface area contributed by atoms with E-state index in [-0.39, 0.29) is 24.1 Å². The van der Waals surface area contributed by atoms with E-state index in [1.54, 1.807) is 13.8 Å². The van der Waals surface area contributed by atoms with Crippen LogP contribution < -0.4 is 10.5 Å². The number of hydrogen-bond donors (Lipinski definition) is 1. The van der Waals surface area contributed by atoms with Crippen LogP contribution in [0.1, 0.15) is 27.0 Å². The van der Waals surface area contributed by atoms with Gasteiger partial charge in [0.25, 0.3) is 0 Å². The zero-order valence-corrected chi connectivity index (χ0v) is 16.6. The average molecular weight is 417 g/mol. The van der Waals surface area contributed by atoms with Gasteiger partial charge in [0.1, 0.15) is 12.2 Å². The topological polar surface area (TPSA) is 133 Å². The van der Waals surface area contributed by atoms with Crippen molar-refractivity contribution in [3.8, 4) is 5.88 Å². The van der Waals surface area contributed by atoms with Crippen molar-refractivity contribution in [3.63, 3.8) is 0 Å². The molecule has 13 heteroatoms. The molecule has 2 fully saturated rings. The Morgan fingerprint density at radius 3 is 2.89 bits per heavy atom. The number of phosphoric ester groups is 1. The summed E-state index contributed by atoms with van der Waals surface area (Å²) in [5.41, 5.74) is 4.16. The van der Waals surface area contributed by atoms with Crippen molar-refractivity contribution in [3.05, 3.63) is 6.33 Å². The number of aromatic nitrogens is 4. The standard InChI is InChI=1S/C15H21FN5O6P/c1-7(2)26-28(22)24-5-8-10(27-28)15(3,16)13(25-8)21-6-18-9-11(21)19-14(17)20-12(9)23-4/h6-8,10,13H,5H2,1-4H3,(H2,17,19,20)/t8-,10-,13-,15-,28-/m1/s1. The lowest BCUT2D eigenvalue weighted by Gasteiger charge is -2.34. The Morgan fingerprint density at radius 2 is 2.21 bits per heavy atom. The van der Waals surface area contributed by atoms with Crippen LogP contribution >= 0.6 is 7.82 Å². The van der Waals surface area contributed by atoms with Crippen molar-refractivity contribution in [2.75, 3.05) is 19.5 Å². The maximum Gasteiger partial charge on any atom is 0.475 e. The Morgan fingerprint density at radius 1 is 1.46 bits per heavy atom. The van der Waals surface area contributed by atoms with E-state index >= 15 is 4.39 Å². The Bertz CT molecular complexity index is 952. The first-order valence-electron chi connectivity index (χ1n) is 8.64. The lowest BCUT2D eigenvalue weighted by Crippen LogP contribution is -2.45. The molecule has 0 aliphatic carbocycles. The van der Waals surface area contributed by atoms with E-state index in [2.05, 4.69) is 15.0 Å². The number of ether oxygens (including phenoxy) is 2. The number of imidazole rings is 1. The number of alkyl halides is 1. The summed E-state index contributed by atoms with van der Waals surface area (Å²) in [6, 6.07) is 0. The second kappa shape index (κ2) is 6.60. The summed E-state index contributed by atoms with van der Waals surface area (Å²) in [6.45, 7) is 4.51. The number of hydrogen-bond acceptors (Lipinski definition) is 10. The molecule has 0 spiro atoms. The first kappa shape index (κ1) is 19.5. The molecule has 0 unspecified atom stereocenters. The molecule has 4 rings (SSSR count). The van der Waals surface area contributed by atoms with Gasteiger partial charge < -0.3 is 15.2 Å². The van der Waals surface area contributed by atoms with E-state index in [0.29, 0.717) is 5.52 Å². The van der Waals surface area contributed by atoms with Crippen LogP contribution in [0.4, 0.5) is 10.3 Å². The number of phosphoric acid groups is 1. The number of fused-ring (bicyclic) bond motifs is 2. The zero-order chi connectivity index (χ0) is 20.3. The van der Waals surface area contributed by atoms with Crippen LogP contribution in [-0.2, 0) is 22.9 Å². The maximum atomic E-state index is 15.8. The molecule has 0 saturated carbocycles. The number of rotatable bonds is 4. The molecule has 2 saturated heterocycles. The molecule has 2 aromatic heterocycles. The van der Waals surface area contributed by atoms with Crippen molar-refractivity contribution in [1.29, 1.82) is 0 Å². The summed E-state index contributed by atoms with van der Waals surface area (Å²) in [4.78, 5) is 12.3. The molecule has 0 amide bonds. The number of nitrogen functional groups attached to an aromatic ring is 1. The average Bonchev–Trinajstić information content (AvgIpc) is 3.12. The van der Waals surface area contributed by atoms with Gasteiger partial charge in [-0.15, -0.1) is 0 Å². The van der Waals surface area contributed by atoms with Gasteiger partial charge in [-0.2, -0.15) is 9.97 Å². The van der Waals surface area contributed by atoms with E-state index in [9.17, 15) is 4.57 Å². The lowest BCUT2D eigenvalue weighted by molar-refractivity contribution is -0.0733. The molecule has 11 nitrogen and oxygen atoms in total.